The van der Waals surface area contributed by atoms with Gasteiger partial charge in [0.15, 0.2) is 0 Å². The van der Waals surface area contributed by atoms with E-state index in [-0.39, 0.29) is 17.0 Å². The molecule has 0 unspecified atom stereocenters. The molecule has 3 rings (SSSR count). The van der Waals surface area contributed by atoms with E-state index in [1.807, 2.05) is 19.4 Å². The number of pyridine rings is 1. The van der Waals surface area contributed by atoms with Gasteiger partial charge < -0.3 is 14.8 Å². The quantitative estimate of drug-likeness (QED) is 0.886. The lowest BCUT2D eigenvalue weighted by molar-refractivity contribution is 0.0782. The van der Waals surface area contributed by atoms with E-state index in [2.05, 4.69) is 21.9 Å². The van der Waals surface area contributed by atoms with Crippen LogP contribution in [-0.2, 0) is 6.54 Å². The van der Waals surface area contributed by atoms with E-state index < -0.39 is 0 Å². The van der Waals surface area contributed by atoms with Gasteiger partial charge in [-0.1, -0.05) is 0 Å². The molecule has 0 spiro atoms. The zero-order valence-electron chi connectivity index (χ0n) is 14.9. The fourth-order valence-corrected chi connectivity index (χ4v) is 4.16. The summed E-state index contributed by atoms with van der Waals surface area (Å²) in [5, 5.41) is 0. The molecular formula is C18H24N4O2S. The molecule has 0 aliphatic carbocycles. The summed E-state index contributed by atoms with van der Waals surface area (Å²) < 4.78 is 0. The predicted octanol–water partition coefficient (Wildman–Crippen LogP) is 2.04. The number of H-pyrrole nitrogens is 1. The van der Waals surface area contributed by atoms with Crippen LogP contribution in [0.1, 0.15) is 33.0 Å². The van der Waals surface area contributed by atoms with Crippen molar-refractivity contribution in [1.82, 2.24) is 19.8 Å². The van der Waals surface area contributed by atoms with Crippen molar-refractivity contribution in [3.8, 4) is 0 Å². The molecule has 1 aliphatic rings. The van der Waals surface area contributed by atoms with Crippen molar-refractivity contribution in [3.05, 3.63) is 49.8 Å². The van der Waals surface area contributed by atoms with Crippen LogP contribution in [0.2, 0.25) is 0 Å². The van der Waals surface area contributed by atoms with Crippen LogP contribution in [-0.4, -0.2) is 52.4 Å². The molecule has 6 nitrogen and oxygen atoms in total. The second-order valence-electron chi connectivity index (χ2n) is 6.85. The number of aromatic nitrogens is 2. The van der Waals surface area contributed by atoms with Crippen molar-refractivity contribution < 1.29 is 4.79 Å². The molecule has 1 atom stereocenters. The van der Waals surface area contributed by atoms with Crippen LogP contribution in [0.5, 0.6) is 0 Å². The number of rotatable bonds is 5. The number of likely N-dealkylation sites (tertiary alicyclic amines) is 1. The highest BCUT2D eigenvalue weighted by Gasteiger charge is 2.29. The maximum absolute atomic E-state index is 12.6. The van der Waals surface area contributed by atoms with Crippen molar-refractivity contribution >= 4 is 17.2 Å². The van der Waals surface area contributed by atoms with Crippen molar-refractivity contribution in [1.29, 1.82) is 0 Å². The van der Waals surface area contributed by atoms with E-state index in [0.29, 0.717) is 19.0 Å². The number of aryl methyl sites for hydroxylation is 2. The number of aromatic amines is 1. The molecule has 7 heteroatoms. The van der Waals surface area contributed by atoms with Crippen LogP contribution in [0.25, 0.3) is 0 Å². The first kappa shape index (κ1) is 17.8. The van der Waals surface area contributed by atoms with Gasteiger partial charge in [0.1, 0.15) is 5.56 Å². The lowest BCUT2D eigenvalue weighted by atomic mass is 10.1. The number of carbonyl (C=O) groups excluding carboxylic acids is 1. The van der Waals surface area contributed by atoms with Crippen molar-refractivity contribution in [3.63, 3.8) is 0 Å². The lowest BCUT2D eigenvalue weighted by Gasteiger charge is -2.21. The van der Waals surface area contributed by atoms with Gasteiger partial charge in [0.2, 0.25) is 0 Å². The summed E-state index contributed by atoms with van der Waals surface area (Å²) in [7, 11) is 2.11. The number of hydrogen-bond acceptors (Lipinski definition) is 5. The van der Waals surface area contributed by atoms with Gasteiger partial charge in [0.05, 0.1) is 11.2 Å². The third kappa shape index (κ3) is 4.16. The van der Waals surface area contributed by atoms with Crippen LogP contribution >= 0.6 is 11.3 Å². The minimum Gasteiger partial charge on any atom is -0.338 e. The number of hydrogen-bond donors (Lipinski definition) is 1. The Labute approximate surface area is 151 Å². The highest BCUT2D eigenvalue weighted by atomic mass is 32.1. The van der Waals surface area contributed by atoms with Crippen molar-refractivity contribution in [2.75, 3.05) is 26.7 Å². The zero-order chi connectivity index (χ0) is 18.0. The van der Waals surface area contributed by atoms with Crippen molar-refractivity contribution in [2.24, 2.45) is 5.92 Å². The largest absolute Gasteiger partial charge is 0.338 e. The van der Waals surface area contributed by atoms with Gasteiger partial charge in [0, 0.05) is 36.8 Å². The molecular weight excluding hydrogens is 336 g/mol. The van der Waals surface area contributed by atoms with Gasteiger partial charge in [-0.3, -0.25) is 9.59 Å². The van der Waals surface area contributed by atoms with E-state index in [1.165, 1.54) is 4.88 Å². The summed E-state index contributed by atoms with van der Waals surface area (Å²) in [6, 6.07) is 3.40. The SMILES string of the molecule is Cc1ccc(C(=O)N2CC[C@@H](CN(C)Cc3scnc3C)C2)c(=O)[nH]1. The molecule has 1 amide bonds. The molecule has 1 N–H and O–H groups in total. The molecule has 2 aromatic heterocycles. The van der Waals surface area contributed by atoms with Crippen LogP contribution in [0.4, 0.5) is 0 Å². The molecule has 2 aromatic rings. The summed E-state index contributed by atoms with van der Waals surface area (Å²) in [5.74, 6) is 0.274. The molecule has 1 saturated heterocycles. The Morgan fingerprint density at radius 3 is 2.92 bits per heavy atom. The second-order valence-corrected chi connectivity index (χ2v) is 7.79. The van der Waals surface area contributed by atoms with Crippen LogP contribution in [0, 0.1) is 19.8 Å². The first-order valence-corrected chi connectivity index (χ1v) is 9.38. The zero-order valence-corrected chi connectivity index (χ0v) is 15.7. The number of carbonyl (C=O) groups is 1. The van der Waals surface area contributed by atoms with Gasteiger partial charge in [0.25, 0.3) is 11.5 Å². The second kappa shape index (κ2) is 7.49. The molecule has 25 heavy (non-hydrogen) atoms. The smallest absolute Gasteiger partial charge is 0.260 e. The fraction of sp³-hybridized carbons (Fsp3) is 0.500. The van der Waals surface area contributed by atoms with Gasteiger partial charge >= 0.3 is 0 Å². The Kier molecular flexibility index (Phi) is 5.34. The van der Waals surface area contributed by atoms with Crippen LogP contribution in [0.3, 0.4) is 0 Å². The summed E-state index contributed by atoms with van der Waals surface area (Å²) in [5.41, 5.74) is 3.68. The lowest BCUT2D eigenvalue weighted by Crippen LogP contribution is -2.34. The van der Waals surface area contributed by atoms with Gasteiger partial charge in [-0.05, 0) is 45.4 Å². The first-order valence-electron chi connectivity index (χ1n) is 8.50. The molecule has 1 aliphatic heterocycles. The van der Waals surface area contributed by atoms with E-state index in [9.17, 15) is 9.59 Å². The van der Waals surface area contributed by atoms with E-state index in [1.54, 1.807) is 28.4 Å². The van der Waals surface area contributed by atoms with Crippen LogP contribution in [0.15, 0.2) is 22.4 Å². The standard InChI is InChI=1S/C18H24N4O2S/c1-12-4-5-15(17(23)20-12)18(24)22-7-6-14(9-22)8-21(3)10-16-13(2)19-11-25-16/h4-5,11,14H,6-10H2,1-3H3,(H,20,23)/t14-/m0/s1. The molecule has 1 fully saturated rings. The third-order valence-corrected chi connectivity index (χ3v) is 5.61. The number of nitrogens with zero attached hydrogens (tertiary/aromatic N) is 3. The molecule has 0 aromatic carbocycles. The Morgan fingerprint density at radius 1 is 1.44 bits per heavy atom. The maximum Gasteiger partial charge on any atom is 0.260 e. The van der Waals surface area contributed by atoms with E-state index >= 15 is 0 Å². The monoisotopic (exact) mass is 360 g/mol. The Bertz CT molecular complexity index is 813. The summed E-state index contributed by atoms with van der Waals surface area (Å²) in [6.45, 7) is 7.09. The number of nitrogens with one attached hydrogen (secondary N) is 1. The normalized spacial score (nSPS) is 17.4. The third-order valence-electron chi connectivity index (χ3n) is 4.69. The van der Waals surface area contributed by atoms with E-state index in [4.69, 9.17) is 0 Å². The van der Waals surface area contributed by atoms with Gasteiger partial charge in [-0.2, -0.15) is 0 Å². The van der Waals surface area contributed by atoms with Gasteiger partial charge in [-0.15, -0.1) is 11.3 Å². The highest BCUT2D eigenvalue weighted by Crippen LogP contribution is 2.21. The molecule has 0 radical (unpaired) electrons. The van der Waals surface area contributed by atoms with Crippen LogP contribution < -0.4 is 5.56 Å². The average Bonchev–Trinajstić information content (AvgIpc) is 3.16. The number of amides is 1. The maximum atomic E-state index is 12.6. The Morgan fingerprint density at radius 2 is 2.24 bits per heavy atom. The summed E-state index contributed by atoms with van der Waals surface area (Å²) >= 11 is 1.69. The molecule has 0 saturated carbocycles. The topological polar surface area (TPSA) is 69.3 Å². The first-order chi connectivity index (χ1) is 11.9. The molecule has 134 valence electrons. The van der Waals surface area contributed by atoms with Gasteiger partial charge in [-0.25, -0.2) is 4.98 Å². The summed E-state index contributed by atoms with van der Waals surface area (Å²) in [4.78, 5) is 37.0. The highest BCUT2D eigenvalue weighted by molar-refractivity contribution is 7.09. The predicted molar refractivity (Wildman–Crippen MR) is 99.0 cm³/mol. The fourth-order valence-electron chi connectivity index (χ4n) is 3.31. The van der Waals surface area contributed by atoms with Crippen molar-refractivity contribution in [2.45, 2.75) is 26.8 Å². The Balaban J connectivity index is 1.57. The molecule has 0 bridgehead atoms. The summed E-state index contributed by atoms with van der Waals surface area (Å²) in [6.07, 6.45) is 0.974. The average molecular weight is 360 g/mol. The number of thiazole rings is 1. The molecule has 3 heterocycles. The van der Waals surface area contributed by atoms with E-state index in [0.717, 1.165) is 30.9 Å². The minimum absolute atomic E-state index is 0.162. The Hall–Kier alpha value is -1.99. The minimum atomic E-state index is -0.300.